The third kappa shape index (κ3) is 1.77. The number of likely N-dealkylation sites (tertiary alicyclic amines) is 1. The molecule has 1 heterocycles. The molecule has 0 aromatic rings. The van der Waals surface area contributed by atoms with Crippen LogP contribution in [0.2, 0.25) is 0 Å². The number of piperidine rings is 1. The molecule has 2 N–H and O–H groups in total. The highest BCUT2D eigenvalue weighted by Gasteiger charge is 2.45. The van der Waals surface area contributed by atoms with Crippen molar-refractivity contribution < 1.29 is 14.4 Å². The Morgan fingerprint density at radius 3 is 2.36 bits per heavy atom. The summed E-state index contributed by atoms with van der Waals surface area (Å²) in [5, 5.41) is 11.3. The quantitative estimate of drug-likeness (QED) is 0.562. The van der Waals surface area contributed by atoms with Gasteiger partial charge in [-0.1, -0.05) is 0 Å². The van der Waals surface area contributed by atoms with Gasteiger partial charge in [-0.25, -0.2) is 0 Å². The van der Waals surface area contributed by atoms with Gasteiger partial charge in [0.1, 0.15) is 6.54 Å². The monoisotopic (exact) mass is 200 g/mol. The Morgan fingerprint density at radius 1 is 1.50 bits per heavy atom. The Labute approximate surface area is 85.3 Å². The van der Waals surface area contributed by atoms with Crippen molar-refractivity contribution in [2.45, 2.75) is 45.2 Å². The molecule has 1 fully saturated rings. The van der Waals surface area contributed by atoms with E-state index in [-0.39, 0.29) is 16.1 Å². The molecule has 2 atom stereocenters. The third-order valence-electron chi connectivity index (χ3n) is 3.29. The van der Waals surface area contributed by atoms with Gasteiger partial charge in [0.05, 0.1) is 18.1 Å². The summed E-state index contributed by atoms with van der Waals surface area (Å²) in [4.78, 5) is 11.3. The van der Waals surface area contributed by atoms with E-state index in [1.54, 1.807) is 0 Å². The van der Waals surface area contributed by atoms with Crippen LogP contribution in [-0.2, 0) is 0 Å². The molecule has 0 bridgehead atoms. The maximum atomic E-state index is 11.3. The molecule has 1 aliphatic heterocycles. The first-order valence-corrected chi connectivity index (χ1v) is 5.14. The SMILES string of the molecule is CC(C)(C)[N+]1(C(=O)[O-])CCC[C@H](N)C1. The highest BCUT2D eigenvalue weighted by molar-refractivity contribution is 5.54. The summed E-state index contributed by atoms with van der Waals surface area (Å²) in [6.07, 6.45) is 0.795. The molecule has 4 nitrogen and oxygen atoms in total. The molecule has 14 heavy (non-hydrogen) atoms. The van der Waals surface area contributed by atoms with E-state index in [1.807, 2.05) is 20.8 Å². The van der Waals surface area contributed by atoms with Crippen LogP contribution in [0.25, 0.3) is 0 Å². The molecule has 0 spiro atoms. The van der Waals surface area contributed by atoms with Crippen molar-refractivity contribution in [1.29, 1.82) is 0 Å². The number of rotatable bonds is 0. The number of quaternary nitrogens is 1. The van der Waals surface area contributed by atoms with Gasteiger partial charge in [-0.2, -0.15) is 0 Å². The number of hydrogen-bond acceptors (Lipinski definition) is 3. The number of nitrogens with zero attached hydrogens (tertiary/aromatic N) is 1. The van der Waals surface area contributed by atoms with Crippen molar-refractivity contribution in [3.05, 3.63) is 0 Å². The summed E-state index contributed by atoms with van der Waals surface area (Å²) in [6.45, 7) is 6.92. The average Bonchev–Trinajstić information content (AvgIpc) is 2.01. The fourth-order valence-corrected chi connectivity index (χ4v) is 2.26. The van der Waals surface area contributed by atoms with Gasteiger partial charge in [0, 0.05) is 0 Å². The van der Waals surface area contributed by atoms with E-state index in [0.717, 1.165) is 12.8 Å². The molecule has 0 saturated carbocycles. The molecule has 0 aromatic carbocycles. The summed E-state index contributed by atoms with van der Waals surface area (Å²) in [7, 11) is 0. The number of hydrogen-bond donors (Lipinski definition) is 1. The molecule has 1 saturated heterocycles. The van der Waals surface area contributed by atoms with E-state index in [9.17, 15) is 9.90 Å². The molecule has 1 aliphatic rings. The summed E-state index contributed by atoms with van der Waals surface area (Å²) >= 11 is 0. The highest BCUT2D eigenvalue weighted by atomic mass is 16.4. The van der Waals surface area contributed by atoms with Gasteiger partial charge >= 0.3 is 0 Å². The molecular weight excluding hydrogens is 180 g/mol. The zero-order valence-corrected chi connectivity index (χ0v) is 9.25. The summed E-state index contributed by atoms with van der Waals surface area (Å²) in [6, 6.07) is -0.0131. The molecule has 0 aliphatic carbocycles. The lowest BCUT2D eigenvalue weighted by Crippen LogP contribution is -2.72. The number of nitrogens with two attached hydrogens (primary N) is 1. The lowest BCUT2D eigenvalue weighted by Gasteiger charge is -2.51. The summed E-state index contributed by atoms with van der Waals surface area (Å²) in [5.74, 6) is 0. The van der Waals surface area contributed by atoms with E-state index in [0.29, 0.717) is 13.1 Å². The third-order valence-corrected chi connectivity index (χ3v) is 3.29. The zero-order valence-electron chi connectivity index (χ0n) is 9.25. The van der Waals surface area contributed by atoms with Crippen LogP contribution in [0.5, 0.6) is 0 Å². The van der Waals surface area contributed by atoms with Crippen LogP contribution in [0.4, 0.5) is 4.79 Å². The number of carboxylic acid groups (broad SMARTS) is 1. The second-order valence-electron chi connectivity index (χ2n) is 5.21. The minimum atomic E-state index is -0.993. The molecule has 1 unspecified atom stereocenters. The summed E-state index contributed by atoms with van der Waals surface area (Å²) in [5.41, 5.74) is 5.50. The fraction of sp³-hybridized carbons (Fsp3) is 0.900. The Hall–Kier alpha value is -0.610. The minimum Gasteiger partial charge on any atom is -0.498 e. The smallest absolute Gasteiger partial charge is 0.257 e. The molecule has 0 aromatic heterocycles. The molecule has 0 radical (unpaired) electrons. The second kappa shape index (κ2) is 3.51. The van der Waals surface area contributed by atoms with Crippen LogP contribution in [0.1, 0.15) is 33.6 Å². The average molecular weight is 200 g/mol. The lowest BCUT2D eigenvalue weighted by atomic mass is 9.94. The first-order valence-electron chi connectivity index (χ1n) is 5.14. The first-order chi connectivity index (χ1) is 6.29. The summed E-state index contributed by atoms with van der Waals surface area (Å²) < 4.78 is -0.00579. The second-order valence-corrected chi connectivity index (χ2v) is 5.21. The van der Waals surface area contributed by atoms with Crippen molar-refractivity contribution in [1.82, 2.24) is 0 Å². The van der Waals surface area contributed by atoms with E-state index < -0.39 is 6.09 Å². The van der Waals surface area contributed by atoms with E-state index in [4.69, 9.17) is 5.73 Å². The topological polar surface area (TPSA) is 66.1 Å². The Bertz CT molecular complexity index is 235. The first kappa shape index (κ1) is 11.5. The minimum absolute atomic E-state index is 0.00579. The fourth-order valence-electron chi connectivity index (χ4n) is 2.26. The maximum Gasteiger partial charge on any atom is 0.257 e. The van der Waals surface area contributed by atoms with Gasteiger partial charge in [0.15, 0.2) is 0 Å². The molecule has 1 rings (SSSR count). The Morgan fingerprint density at radius 2 is 2.07 bits per heavy atom. The van der Waals surface area contributed by atoms with Crippen molar-refractivity contribution in [3.63, 3.8) is 0 Å². The molecule has 1 amide bonds. The van der Waals surface area contributed by atoms with Gasteiger partial charge in [-0.15, -0.1) is 0 Å². The van der Waals surface area contributed by atoms with Crippen LogP contribution in [0.3, 0.4) is 0 Å². The standard InChI is InChI=1S/C10H20N2O2/c1-10(2,3)12(9(13)14)6-4-5-8(11)7-12/h8H,4-7,11H2,1-3H3/t8-,12?/m0/s1. The van der Waals surface area contributed by atoms with Crippen molar-refractivity contribution in [3.8, 4) is 0 Å². The highest BCUT2D eigenvalue weighted by Crippen LogP contribution is 2.29. The molecule has 4 heteroatoms. The Kier molecular flexibility index (Phi) is 2.88. The van der Waals surface area contributed by atoms with E-state index in [1.165, 1.54) is 0 Å². The normalized spacial score (nSPS) is 34.1. The maximum absolute atomic E-state index is 11.3. The largest absolute Gasteiger partial charge is 0.498 e. The van der Waals surface area contributed by atoms with Gasteiger partial charge in [0.2, 0.25) is 0 Å². The van der Waals surface area contributed by atoms with Gasteiger partial charge in [-0.05, 0) is 33.6 Å². The Balaban J connectivity index is 2.98. The van der Waals surface area contributed by atoms with Crippen LogP contribution in [0.15, 0.2) is 0 Å². The van der Waals surface area contributed by atoms with Crippen LogP contribution < -0.4 is 10.8 Å². The van der Waals surface area contributed by atoms with Crippen LogP contribution >= 0.6 is 0 Å². The lowest BCUT2D eigenvalue weighted by molar-refractivity contribution is -0.924. The van der Waals surface area contributed by atoms with Crippen molar-refractivity contribution in [2.75, 3.05) is 13.1 Å². The predicted molar refractivity (Wildman–Crippen MR) is 52.4 cm³/mol. The predicted octanol–water partition coefficient (Wildman–Crippen LogP) is 0.0661. The number of amides is 1. The zero-order chi connectivity index (χ0) is 11.0. The van der Waals surface area contributed by atoms with Crippen LogP contribution in [-0.4, -0.2) is 35.2 Å². The number of carbonyl (C=O) groups is 1. The molecular formula is C10H20N2O2. The van der Waals surface area contributed by atoms with E-state index >= 15 is 0 Å². The van der Waals surface area contributed by atoms with E-state index in [2.05, 4.69) is 0 Å². The van der Waals surface area contributed by atoms with Crippen molar-refractivity contribution in [2.24, 2.45) is 5.73 Å². The van der Waals surface area contributed by atoms with Gasteiger partial charge in [0.25, 0.3) is 6.09 Å². The van der Waals surface area contributed by atoms with Gasteiger partial charge in [-0.3, -0.25) is 4.48 Å². The van der Waals surface area contributed by atoms with Crippen molar-refractivity contribution >= 4 is 6.09 Å². The number of carbonyl (C=O) groups excluding carboxylic acids is 1. The molecule has 82 valence electrons. The van der Waals surface area contributed by atoms with Crippen LogP contribution in [0, 0.1) is 0 Å². The van der Waals surface area contributed by atoms with Gasteiger partial charge < -0.3 is 15.6 Å².